The summed E-state index contributed by atoms with van der Waals surface area (Å²) in [5.74, 6) is -1.32. The maximum absolute atomic E-state index is 13.9. The van der Waals surface area contributed by atoms with Crippen molar-refractivity contribution in [3.63, 3.8) is 0 Å². The van der Waals surface area contributed by atoms with Crippen molar-refractivity contribution in [3.05, 3.63) is 53.3 Å². The minimum atomic E-state index is -4.04. The fraction of sp³-hybridized carbons (Fsp3) is 0.594. The number of carbonyl (C=O) groups is 3. The van der Waals surface area contributed by atoms with E-state index >= 15 is 0 Å². The van der Waals surface area contributed by atoms with Gasteiger partial charge in [-0.3, -0.25) is 23.9 Å². The van der Waals surface area contributed by atoms with E-state index < -0.39 is 33.4 Å². The first kappa shape index (κ1) is 30.5. The summed E-state index contributed by atoms with van der Waals surface area (Å²) in [5.41, 5.74) is 2.54. The van der Waals surface area contributed by atoms with Gasteiger partial charge in [0.05, 0.1) is 5.75 Å². The van der Waals surface area contributed by atoms with Crippen LogP contribution in [-0.4, -0.2) is 65.0 Å². The number of urea groups is 1. The Morgan fingerprint density at radius 2 is 1.38 bits per heavy atom. The molecular formula is C32H43N3O6S. The molecule has 0 unspecified atom stereocenters. The van der Waals surface area contributed by atoms with E-state index in [0.717, 1.165) is 81.2 Å². The van der Waals surface area contributed by atoms with Gasteiger partial charge in [0.2, 0.25) is 0 Å². The van der Waals surface area contributed by atoms with Gasteiger partial charge in [-0.05, 0) is 62.3 Å². The molecule has 1 saturated heterocycles. The van der Waals surface area contributed by atoms with Crippen molar-refractivity contribution in [3.8, 4) is 0 Å². The Kier molecular flexibility index (Phi) is 8.94. The minimum absolute atomic E-state index is 0.0244. The van der Waals surface area contributed by atoms with Crippen LogP contribution in [0.25, 0.3) is 0 Å². The number of nitrogens with zero attached hydrogens (tertiary/aromatic N) is 3. The van der Waals surface area contributed by atoms with Crippen LogP contribution in [0.4, 0.5) is 10.5 Å². The second-order valence-corrected chi connectivity index (χ2v) is 14.2. The number of para-hydroxylation sites is 1. The smallest absolute Gasteiger partial charge is 0.334 e. The van der Waals surface area contributed by atoms with Gasteiger partial charge in [-0.1, -0.05) is 70.6 Å². The lowest BCUT2D eigenvalue weighted by atomic mass is 9.83. The highest BCUT2D eigenvalue weighted by Gasteiger charge is 2.48. The third-order valence-electron chi connectivity index (χ3n) is 9.43. The lowest BCUT2D eigenvalue weighted by Gasteiger charge is -2.43. The molecule has 42 heavy (non-hydrogen) atoms. The van der Waals surface area contributed by atoms with Gasteiger partial charge < -0.3 is 4.90 Å². The van der Waals surface area contributed by atoms with E-state index in [-0.39, 0.29) is 23.4 Å². The van der Waals surface area contributed by atoms with Crippen LogP contribution in [0.1, 0.15) is 96.5 Å². The normalized spacial score (nSPS) is 23.2. The van der Waals surface area contributed by atoms with Crippen molar-refractivity contribution >= 4 is 33.7 Å². The summed E-state index contributed by atoms with van der Waals surface area (Å²) in [6.45, 7) is 4.68. The predicted octanol–water partition coefficient (Wildman–Crippen LogP) is 5.72. The number of rotatable bonds is 8. The Morgan fingerprint density at radius 3 is 1.93 bits per heavy atom. The molecule has 0 spiro atoms. The zero-order valence-electron chi connectivity index (χ0n) is 24.8. The van der Waals surface area contributed by atoms with E-state index in [1.165, 1.54) is 9.80 Å². The van der Waals surface area contributed by atoms with Crippen molar-refractivity contribution in [2.45, 2.75) is 108 Å². The highest BCUT2D eigenvalue weighted by atomic mass is 32.2. The van der Waals surface area contributed by atoms with Crippen molar-refractivity contribution in [1.82, 2.24) is 9.80 Å². The summed E-state index contributed by atoms with van der Waals surface area (Å²) >= 11 is 0. The van der Waals surface area contributed by atoms with Gasteiger partial charge in [0, 0.05) is 35.4 Å². The molecule has 2 saturated carbocycles. The number of unbranched alkanes of at least 4 members (excludes halogenated alkanes) is 1. The Labute approximate surface area is 249 Å². The van der Waals surface area contributed by atoms with Crippen molar-refractivity contribution in [2.24, 2.45) is 0 Å². The van der Waals surface area contributed by atoms with Crippen LogP contribution in [0.3, 0.4) is 0 Å². The molecule has 0 radical (unpaired) electrons. The van der Waals surface area contributed by atoms with Crippen LogP contribution in [0.15, 0.2) is 47.7 Å². The van der Waals surface area contributed by atoms with E-state index in [0.29, 0.717) is 19.4 Å². The van der Waals surface area contributed by atoms with Crippen LogP contribution in [0, 0.1) is 0 Å². The molecule has 3 fully saturated rings. The third-order valence-corrected chi connectivity index (χ3v) is 10.2. The lowest BCUT2D eigenvalue weighted by Crippen LogP contribution is -2.62. The van der Waals surface area contributed by atoms with Gasteiger partial charge in [0.15, 0.2) is 0 Å². The summed E-state index contributed by atoms with van der Waals surface area (Å²) in [5, 5.41) is 0. The fourth-order valence-electron chi connectivity index (χ4n) is 7.20. The molecule has 4 amide bonds. The molecule has 2 aliphatic carbocycles. The monoisotopic (exact) mass is 597 g/mol. The van der Waals surface area contributed by atoms with Crippen molar-refractivity contribution < 1.29 is 27.4 Å². The number of barbiturate groups is 1. The van der Waals surface area contributed by atoms with E-state index in [4.69, 9.17) is 0 Å². The van der Waals surface area contributed by atoms with E-state index in [1.54, 1.807) is 6.08 Å². The predicted molar refractivity (Wildman–Crippen MR) is 161 cm³/mol. The maximum Gasteiger partial charge on any atom is 0.334 e. The molecule has 228 valence electrons. The molecule has 0 atom stereocenters. The molecule has 10 heteroatoms. The Hall–Kier alpha value is -2.98. The molecule has 1 N–H and O–H groups in total. The van der Waals surface area contributed by atoms with Gasteiger partial charge in [-0.25, -0.2) is 4.79 Å². The number of benzene rings is 1. The topological polar surface area (TPSA) is 115 Å². The van der Waals surface area contributed by atoms with Crippen molar-refractivity contribution in [2.75, 3.05) is 17.2 Å². The van der Waals surface area contributed by atoms with Gasteiger partial charge in [0.25, 0.3) is 21.9 Å². The number of allylic oxidation sites excluding steroid dienone is 3. The number of imide groups is 2. The molecule has 4 aliphatic rings. The van der Waals surface area contributed by atoms with Crippen LogP contribution in [-0.2, 0) is 25.1 Å². The first-order valence-corrected chi connectivity index (χ1v) is 17.1. The fourth-order valence-corrected chi connectivity index (χ4v) is 7.77. The zero-order valence-corrected chi connectivity index (χ0v) is 25.6. The minimum Gasteiger partial charge on any atom is -0.344 e. The first-order chi connectivity index (χ1) is 20.0. The molecule has 1 aromatic carbocycles. The third kappa shape index (κ3) is 6.06. The quantitative estimate of drug-likeness (QED) is 0.176. The van der Waals surface area contributed by atoms with Gasteiger partial charge in [0.1, 0.15) is 5.57 Å². The van der Waals surface area contributed by atoms with E-state index in [9.17, 15) is 27.4 Å². The van der Waals surface area contributed by atoms with Crippen molar-refractivity contribution in [1.29, 1.82) is 0 Å². The molecule has 0 aromatic heterocycles. The van der Waals surface area contributed by atoms with Crippen LogP contribution in [0.2, 0.25) is 0 Å². The summed E-state index contributed by atoms with van der Waals surface area (Å²) in [6.07, 6.45) is 13.3. The van der Waals surface area contributed by atoms with Gasteiger partial charge >= 0.3 is 6.03 Å². The maximum atomic E-state index is 13.9. The molecule has 0 bridgehead atoms. The summed E-state index contributed by atoms with van der Waals surface area (Å²) < 4.78 is 31.7. The number of fused-ring (bicyclic) bond motifs is 1. The number of hydrogen-bond donors (Lipinski definition) is 1. The largest absolute Gasteiger partial charge is 0.344 e. The lowest BCUT2D eigenvalue weighted by molar-refractivity contribution is -0.139. The molecular weight excluding hydrogens is 554 g/mol. The summed E-state index contributed by atoms with van der Waals surface area (Å²) in [7, 11) is -4.04. The molecule has 2 aliphatic heterocycles. The summed E-state index contributed by atoms with van der Waals surface area (Å²) in [4.78, 5) is 46.5. The molecule has 5 rings (SSSR count). The molecule has 1 aromatic rings. The second kappa shape index (κ2) is 12.3. The number of hydrogen-bond acceptors (Lipinski definition) is 6. The van der Waals surface area contributed by atoms with Crippen LogP contribution < -0.4 is 4.90 Å². The highest BCUT2D eigenvalue weighted by molar-refractivity contribution is 7.85. The SMILES string of the molecule is CC1(C)/C(=C\C=C2C(=O)N(C3CCCCC3)C(=O)N(C3CCCCC3)C2=O)N(CCCCS(=O)(=O)O)c2ccccc21. The molecule has 9 nitrogen and oxygen atoms in total. The first-order valence-electron chi connectivity index (χ1n) is 15.5. The Morgan fingerprint density at radius 1 is 0.833 bits per heavy atom. The number of carbonyl (C=O) groups excluding carboxylic acids is 3. The van der Waals surface area contributed by atoms with E-state index in [1.807, 2.05) is 24.3 Å². The standard InChI is InChI=1S/C32H43N3O6S/c1-32(2)26-17-9-10-18-27(26)33(21-11-12-22-42(39,40)41)28(32)20-19-25-29(36)34(23-13-5-3-6-14-23)31(38)35(30(25)37)24-15-7-4-8-16-24/h9-10,17-20,23-24H,3-8,11-16,21-22H2,1-2H3,(H,39,40,41)/b28-20+. The number of anilines is 1. The highest BCUT2D eigenvalue weighted by Crippen LogP contribution is 2.47. The Bertz CT molecular complexity index is 1340. The average molecular weight is 598 g/mol. The van der Waals surface area contributed by atoms with Gasteiger partial charge in [-0.15, -0.1) is 0 Å². The zero-order chi connectivity index (χ0) is 30.1. The number of amides is 4. The van der Waals surface area contributed by atoms with Crippen LogP contribution in [0.5, 0.6) is 0 Å². The average Bonchev–Trinajstić information content (AvgIpc) is 3.17. The summed E-state index contributed by atoms with van der Waals surface area (Å²) in [6, 6.07) is 7.15. The van der Waals surface area contributed by atoms with E-state index in [2.05, 4.69) is 24.8 Å². The van der Waals surface area contributed by atoms with Gasteiger partial charge in [-0.2, -0.15) is 8.42 Å². The Balaban J connectivity index is 1.51. The second-order valence-electron chi connectivity index (χ2n) is 12.6. The van der Waals surface area contributed by atoms with Crippen LogP contribution >= 0.6 is 0 Å². The molecule has 2 heterocycles.